The molecule has 0 spiro atoms. The molecule has 2 aliphatic heterocycles. The number of rotatable bonds is 4. The molecule has 29 heavy (non-hydrogen) atoms. The van der Waals surface area contributed by atoms with Crippen LogP contribution in [0.2, 0.25) is 5.02 Å². The highest BCUT2D eigenvalue weighted by atomic mass is 35.5. The SMILES string of the molecule is O=C(Nc1cccc(Cl)c1)N1CCC(N2CCN(Cc3ccccc3)C2=O)CC1. The molecule has 2 aromatic carbocycles. The molecule has 2 aromatic rings. The Morgan fingerprint density at radius 3 is 2.48 bits per heavy atom. The van der Waals surface area contributed by atoms with E-state index in [4.69, 9.17) is 11.6 Å². The summed E-state index contributed by atoms with van der Waals surface area (Å²) in [6, 6.07) is 17.4. The molecular formula is C22H25ClN4O2. The van der Waals surface area contributed by atoms with Gasteiger partial charge in [-0.1, -0.05) is 48.0 Å². The summed E-state index contributed by atoms with van der Waals surface area (Å²) < 4.78 is 0. The van der Waals surface area contributed by atoms with Gasteiger partial charge in [0.25, 0.3) is 0 Å². The lowest BCUT2D eigenvalue weighted by Crippen LogP contribution is -2.49. The van der Waals surface area contributed by atoms with Gasteiger partial charge in [0, 0.05) is 49.5 Å². The Kier molecular flexibility index (Phi) is 5.90. The fourth-order valence-electron chi connectivity index (χ4n) is 4.04. The molecule has 4 rings (SSSR count). The van der Waals surface area contributed by atoms with Crippen LogP contribution in [-0.4, -0.2) is 59.0 Å². The zero-order chi connectivity index (χ0) is 20.2. The number of nitrogens with one attached hydrogen (secondary N) is 1. The molecule has 0 bridgehead atoms. The van der Waals surface area contributed by atoms with Crippen molar-refractivity contribution in [2.24, 2.45) is 0 Å². The quantitative estimate of drug-likeness (QED) is 0.815. The summed E-state index contributed by atoms with van der Waals surface area (Å²) >= 11 is 5.98. The number of hydrogen-bond donors (Lipinski definition) is 1. The van der Waals surface area contributed by atoms with Crippen LogP contribution in [0.4, 0.5) is 15.3 Å². The van der Waals surface area contributed by atoms with Crippen LogP contribution < -0.4 is 5.32 Å². The minimum absolute atomic E-state index is 0.107. The summed E-state index contributed by atoms with van der Waals surface area (Å²) in [6.45, 7) is 3.43. The largest absolute Gasteiger partial charge is 0.324 e. The normalized spacial score (nSPS) is 17.7. The molecule has 7 heteroatoms. The van der Waals surface area contributed by atoms with E-state index >= 15 is 0 Å². The Hall–Kier alpha value is -2.73. The van der Waals surface area contributed by atoms with E-state index in [0.29, 0.717) is 30.3 Å². The molecule has 0 atom stereocenters. The minimum Gasteiger partial charge on any atom is -0.324 e. The van der Waals surface area contributed by atoms with Gasteiger partial charge in [-0.25, -0.2) is 9.59 Å². The van der Waals surface area contributed by atoms with Crippen LogP contribution in [0, 0.1) is 0 Å². The molecule has 0 radical (unpaired) electrons. The van der Waals surface area contributed by atoms with Crippen molar-refractivity contribution in [1.29, 1.82) is 0 Å². The van der Waals surface area contributed by atoms with Crippen LogP contribution in [0.3, 0.4) is 0 Å². The highest BCUT2D eigenvalue weighted by Crippen LogP contribution is 2.23. The van der Waals surface area contributed by atoms with Gasteiger partial charge in [-0.2, -0.15) is 0 Å². The topological polar surface area (TPSA) is 55.9 Å². The molecule has 6 nitrogen and oxygen atoms in total. The van der Waals surface area contributed by atoms with Crippen molar-refractivity contribution in [2.75, 3.05) is 31.5 Å². The molecule has 2 fully saturated rings. The van der Waals surface area contributed by atoms with E-state index in [1.54, 1.807) is 17.0 Å². The van der Waals surface area contributed by atoms with Gasteiger partial charge in [-0.05, 0) is 36.6 Å². The first kappa shape index (κ1) is 19.6. The number of benzene rings is 2. The number of urea groups is 2. The maximum Gasteiger partial charge on any atom is 0.321 e. The number of hydrogen-bond acceptors (Lipinski definition) is 2. The Morgan fingerprint density at radius 1 is 1.00 bits per heavy atom. The summed E-state index contributed by atoms with van der Waals surface area (Å²) in [5.41, 5.74) is 1.84. The van der Waals surface area contributed by atoms with Crippen molar-refractivity contribution in [1.82, 2.24) is 14.7 Å². The van der Waals surface area contributed by atoms with Gasteiger partial charge in [0.2, 0.25) is 0 Å². The summed E-state index contributed by atoms with van der Waals surface area (Å²) in [5, 5.41) is 3.49. The highest BCUT2D eigenvalue weighted by molar-refractivity contribution is 6.30. The Balaban J connectivity index is 1.28. The van der Waals surface area contributed by atoms with Crippen LogP contribution in [0.1, 0.15) is 18.4 Å². The maximum absolute atomic E-state index is 12.8. The predicted octanol–water partition coefficient (Wildman–Crippen LogP) is 4.27. The van der Waals surface area contributed by atoms with Crippen molar-refractivity contribution in [3.63, 3.8) is 0 Å². The monoisotopic (exact) mass is 412 g/mol. The Bertz CT molecular complexity index is 868. The van der Waals surface area contributed by atoms with Gasteiger partial charge in [-0.15, -0.1) is 0 Å². The highest BCUT2D eigenvalue weighted by Gasteiger charge is 2.35. The lowest BCUT2D eigenvalue weighted by atomic mass is 10.0. The zero-order valence-electron chi connectivity index (χ0n) is 16.3. The number of likely N-dealkylation sites (tertiary alicyclic amines) is 1. The molecule has 2 heterocycles. The van der Waals surface area contributed by atoms with Crippen LogP contribution in [-0.2, 0) is 6.54 Å². The third-order valence-corrected chi connectivity index (χ3v) is 5.85. The van der Waals surface area contributed by atoms with Crippen LogP contribution >= 0.6 is 11.6 Å². The van der Waals surface area contributed by atoms with Gasteiger partial charge < -0.3 is 20.0 Å². The van der Waals surface area contributed by atoms with Gasteiger partial charge in [0.05, 0.1) is 0 Å². The van der Waals surface area contributed by atoms with Crippen molar-refractivity contribution < 1.29 is 9.59 Å². The fourth-order valence-corrected chi connectivity index (χ4v) is 4.23. The van der Waals surface area contributed by atoms with Crippen LogP contribution in [0.15, 0.2) is 54.6 Å². The molecule has 152 valence electrons. The van der Waals surface area contributed by atoms with E-state index in [-0.39, 0.29) is 18.1 Å². The summed E-state index contributed by atoms with van der Waals surface area (Å²) in [7, 11) is 0. The van der Waals surface area contributed by atoms with E-state index in [9.17, 15) is 9.59 Å². The smallest absolute Gasteiger partial charge is 0.321 e. The van der Waals surface area contributed by atoms with E-state index in [1.807, 2.05) is 52.3 Å². The number of amides is 4. The standard InChI is InChI=1S/C22H25ClN4O2/c23-18-7-4-8-19(15-18)24-21(28)25-11-9-20(10-12-25)27-14-13-26(22(27)29)16-17-5-2-1-3-6-17/h1-8,15,20H,9-14,16H2,(H,24,28). The number of nitrogens with zero attached hydrogens (tertiary/aromatic N) is 3. The molecule has 0 aliphatic carbocycles. The van der Waals surface area contributed by atoms with Crippen molar-refractivity contribution in [3.8, 4) is 0 Å². The van der Waals surface area contributed by atoms with Gasteiger partial charge in [0.15, 0.2) is 0 Å². The Labute approximate surface area is 176 Å². The molecule has 0 aromatic heterocycles. The molecule has 0 unspecified atom stereocenters. The Morgan fingerprint density at radius 2 is 1.76 bits per heavy atom. The first-order valence-electron chi connectivity index (χ1n) is 10.0. The van der Waals surface area contributed by atoms with E-state index in [1.165, 1.54) is 0 Å². The van der Waals surface area contributed by atoms with Gasteiger partial charge in [0.1, 0.15) is 0 Å². The predicted molar refractivity (Wildman–Crippen MR) is 114 cm³/mol. The van der Waals surface area contributed by atoms with E-state index in [2.05, 4.69) is 5.32 Å². The number of anilines is 1. The molecule has 2 aliphatic rings. The molecule has 0 saturated carbocycles. The summed E-state index contributed by atoms with van der Waals surface area (Å²) in [5.74, 6) is 0. The van der Waals surface area contributed by atoms with Crippen LogP contribution in [0.25, 0.3) is 0 Å². The summed E-state index contributed by atoms with van der Waals surface area (Å²) in [6.07, 6.45) is 1.60. The molecular weight excluding hydrogens is 388 g/mol. The second kappa shape index (κ2) is 8.74. The lowest BCUT2D eigenvalue weighted by molar-refractivity contribution is 0.139. The minimum atomic E-state index is -0.121. The molecule has 1 N–H and O–H groups in total. The average Bonchev–Trinajstić information content (AvgIpc) is 3.09. The van der Waals surface area contributed by atoms with Crippen LogP contribution in [0.5, 0.6) is 0 Å². The van der Waals surface area contributed by atoms with Gasteiger partial charge in [-0.3, -0.25) is 0 Å². The maximum atomic E-state index is 12.8. The zero-order valence-corrected chi connectivity index (χ0v) is 17.0. The third-order valence-electron chi connectivity index (χ3n) is 5.61. The number of carbonyl (C=O) groups excluding carboxylic acids is 2. The lowest BCUT2D eigenvalue weighted by Gasteiger charge is -2.36. The number of carbonyl (C=O) groups is 2. The molecule has 2 saturated heterocycles. The average molecular weight is 413 g/mol. The number of halogens is 1. The van der Waals surface area contributed by atoms with Crippen molar-refractivity contribution in [2.45, 2.75) is 25.4 Å². The molecule has 4 amide bonds. The van der Waals surface area contributed by atoms with Gasteiger partial charge >= 0.3 is 12.1 Å². The first-order valence-corrected chi connectivity index (χ1v) is 10.4. The van der Waals surface area contributed by atoms with Crippen molar-refractivity contribution >= 4 is 29.4 Å². The second-order valence-electron chi connectivity index (χ2n) is 7.54. The van der Waals surface area contributed by atoms with E-state index in [0.717, 1.165) is 31.5 Å². The van der Waals surface area contributed by atoms with E-state index < -0.39 is 0 Å². The second-order valence-corrected chi connectivity index (χ2v) is 7.98. The van der Waals surface area contributed by atoms with Crippen molar-refractivity contribution in [3.05, 3.63) is 65.2 Å². The first-order chi connectivity index (χ1) is 14.1. The number of piperidine rings is 1. The fraction of sp³-hybridized carbons (Fsp3) is 0.364. The third kappa shape index (κ3) is 4.65. The summed E-state index contributed by atoms with van der Waals surface area (Å²) in [4.78, 5) is 31.1.